The van der Waals surface area contributed by atoms with Crippen LogP contribution in [0.25, 0.3) is 11.0 Å². The van der Waals surface area contributed by atoms with Gasteiger partial charge in [-0.25, -0.2) is 23.7 Å². The van der Waals surface area contributed by atoms with E-state index in [2.05, 4.69) is 30.4 Å². The number of anilines is 1. The van der Waals surface area contributed by atoms with Crippen molar-refractivity contribution in [2.45, 2.75) is 50.4 Å². The fourth-order valence-corrected chi connectivity index (χ4v) is 8.59. The number of nitrogens with zero attached hydrogens (tertiary/aromatic N) is 3. The Bertz CT molecular complexity index is 1440. The van der Waals surface area contributed by atoms with Gasteiger partial charge in [-0.2, -0.15) is 8.62 Å². The SMILES string of the molecule is CC(C)(C)SSCO[C@@H]1C[C@H](n2cc(C#CCN)c3c(N)ncnc32)OC1COP(=O)(O)OP(=O)(O)OP(=O)(O)O. The molecule has 1 aliphatic rings. The first-order valence-corrected chi connectivity index (χ1v) is 18.4. The molecule has 0 amide bonds. The van der Waals surface area contributed by atoms with Gasteiger partial charge in [0.2, 0.25) is 0 Å². The zero-order chi connectivity index (χ0) is 30.6. The molecule has 0 saturated carbocycles. The summed E-state index contributed by atoms with van der Waals surface area (Å²) in [6, 6.07) is 0. The molecule has 41 heavy (non-hydrogen) atoms. The van der Waals surface area contributed by atoms with Crippen molar-refractivity contribution in [3.05, 3.63) is 18.1 Å². The minimum Gasteiger partial charge on any atom is -0.383 e. The quantitative estimate of drug-likeness (QED) is 0.0619. The van der Waals surface area contributed by atoms with E-state index in [4.69, 9.17) is 35.3 Å². The normalized spacial score (nSPS) is 22.7. The molecule has 2 aromatic heterocycles. The van der Waals surface area contributed by atoms with Gasteiger partial charge in [0.1, 0.15) is 36.1 Å². The molecular weight excluding hydrogens is 647 g/mol. The number of phosphoric acid groups is 3. The second kappa shape index (κ2) is 13.7. The summed E-state index contributed by atoms with van der Waals surface area (Å²) >= 11 is 0. The topological polar surface area (TPSA) is 261 Å². The second-order valence-electron chi connectivity index (χ2n) is 9.30. The lowest BCUT2D eigenvalue weighted by atomic mass is 10.2. The van der Waals surface area contributed by atoms with Crippen molar-refractivity contribution < 1.29 is 55.9 Å². The van der Waals surface area contributed by atoms with E-state index in [1.54, 1.807) is 21.6 Å². The maximum absolute atomic E-state index is 12.3. The summed E-state index contributed by atoms with van der Waals surface area (Å²) in [4.78, 5) is 45.1. The Morgan fingerprint density at radius 1 is 1.17 bits per heavy atom. The first-order chi connectivity index (χ1) is 18.9. The Morgan fingerprint density at radius 3 is 2.51 bits per heavy atom. The standard InChI is InChI=1S/C19H30N5O12P3S2/c1-19(2,3)41-40-11-32-13-7-15(24-8-12(5-4-6-20)16-17(21)22-10-23-18(16)24)34-14(13)9-33-38(28,29)36-39(30,31)35-37(25,26)27/h8,10,13-15H,6-7,9,11,20H2,1-3H3,(H,28,29)(H,30,31)(H2,21,22,23)(H2,25,26,27)/t13-,14?,15-/m1/s1. The summed E-state index contributed by atoms with van der Waals surface area (Å²) < 4.78 is 60.9. The molecule has 2 aromatic rings. The largest absolute Gasteiger partial charge is 0.490 e. The van der Waals surface area contributed by atoms with Crippen LogP contribution in [-0.4, -0.2) is 70.2 Å². The van der Waals surface area contributed by atoms with Crippen LogP contribution in [-0.2, 0) is 36.3 Å². The lowest BCUT2D eigenvalue weighted by Crippen LogP contribution is -2.29. The van der Waals surface area contributed by atoms with Crippen LogP contribution in [0.4, 0.5) is 5.82 Å². The molecule has 17 nitrogen and oxygen atoms in total. The van der Waals surface area contributed by atoms with Crippen LogP contribution in [0.3, 0.4) is 0 Å². The fraction of sp³-hybridized carbons (Fsp3) is 0.579. The smallest absolute Gasteiger partial charge is 0.383 e. The number of hydrogen-bond acceptors (Lipinski definition) is 14. The van der Waals surface area contributed by atoms with E-state index < -0.39 is 48.5 Å². The molecule has 0 spiro atoms. The van der Waals surface area contributed by atoms with E-state index in [9.17, 15) is 23.5 Å². The lowest BCUT2D eigenvalue weighted by molar-refractivity contribution is -0.0520. The van der Waals surface area contributed by atoms with E-state index >= 15 is 0 Å². The van der Waals surface area contributed by atoms with Crippen molar-refractivity contribution in [1.82, 2.24) is 14.5 Å². The van der Waals surface area contributed by atoms with Crippen LogP contribution in [0.1, 0.15) is 39.0 Å². The first-order valence-electron chi connectivity index (χ1n) is 11.6. The summed E-state index contributed by atoms with van der Waals surface area (Å²) in [5, 5.41) is 0.475. The molecule has 8 N–H and O–H groups in total. The van der Waals surface area contributed by atoms with E-state index in [0.29, 0.717) is 16.6 Å². The van der Waals surface area contributed by atoms with Crippen molar-refractivity contribution in [2.24, 2.45) is 5.73 Å². The van der Waals surface area contributed by atoms with Crippen LogP contribution in [0.2, 0.25) is 0 Å². The van der Waals surface area contributed by atoms with Crippen LogP contribution >= 0.6 is 45.1 Å². The third kappa shape index (κ3) is 10.6. The minimum atomic E-state index is -5.68. The van der Waals surface area contributed by atoms with E-state index in [-0.39, 0.29) is 29.5 Å². The summed E-state index contributed by atoms with van der Waals surface area (Å²) in [5.74, 6) is 6.06. The van der Waals surface area contributed by atoms with Crippen molar-refractivity contribution in [3.63, 3.8) is 0 Å². The van der Waals surface area contributed by atoms with Gasteiger partial charge in [-0.3, -0.25) is 4.52 Å². The Kier molecular flexibility index (Phi) is 11.5. The van der Waals surface area contributed by atoms with Crippen LogP contribution < -0.4 is 11.5 Å². The summed E-state index contributed by atoms with van der Waals surface area (Å²) in [7, 11) is -13.6. The number of hydrogen-bond donors (Lipinski definition) is 6. The third-order valence-electron chi connectivity index (χ3n) is 4.91. The average Bonchev–Trinajstić information content (AvgIpc) is 3.38. The molecule has 0 aromatic carbocycles. The number of ether oxygens (including phenoxy) is 2. The number of nitrogen functional groups attached to an aromatic ring is 1. The van der Waals surface area contributed by atoms with Gasteiger partial charge in [-0.15, -0.1) is 0 Å². The number of rotatable bonds is 12. The summed E-state index contributed by atoms with van der Waals surface area (Å²) in [6.07, 6.45) is 0.651. The molecule has 0 aliphatic carbocycles. The van der Waals surface area contributed by atoms with Crippen molar-refractivity contribution in [2.75, 3.05) is 24.8 Å². The maximum Gasteiger partial charge on any atom is 0.490 e. The monoisotopic (exact) mass is 677 g/mol. The number of fused-ring (bicyclic) bond motifs is 1. The van der Waals surface area contributed by atoms with E-state index in [0.717, 1.165) is 0 Å². The van der Waals surface area contributed by atoms with E-state index in [1.165, 1.54) is 17.1 Å². The molecule has 0 radical (unpaired) electrons. The predicted octanol–water partition coefficient (Wildman–Crippen LogP) is 2.48. The van der Waals surface area contributed by atoms with Gasteiger partial charge >= 0.3 is 23.5 Å². The summed E-state index contributed by atoms with van der Waals surface area (Å²) in [5.41, 5.74) is 12.5. The molecule has 22 heteroatoms. The zero-order valence-electron chi connectivity index (χ0n) is 21.9. The lowest BCUT2D eigenvalue weighted by Gasteiger charge is -2.22. The second-order valence-corrected chi connectivity index (χ2v) is 16.8. The van der Waals surface area contributed by atoms with Gasteiger partial charge in [0.25, 0.3) is 0 Å². The Morgan fingerprint density at radius 2 is 1.88 bits per heavy atom. The third-order valence-corrected chi connectivity index (χ3v) is 11.7. The van der Waals surface area contributed by atoms with E-state index in [1.807, 2.05) is 20.8 Å². The van der Waals surface area contributed by atoms with Crippen molar-refractivity contribution >= 4 is 61.9 Å². The highest BCUT2D eigenvalue weighted by Crippen LogP contribution is 2.66. The molecule has 3 rings (SSSR count). The van der Waals surface area contributed by atoms with Crippen LogP contribution in [0.5, 0.6) is 0 Å². The predicted molar refractivity (Wildman–Crippen MR) is 151 cm³/mol. The highest BCUT2D eigenvalue weighted by Gasteiger charge is 2.43. The molecule has 1 aliphatic heterocycles. The van der Waals surface area contributed by atoms with Crippen LogP contribution in [0.15, 0.2) is 12.5 Å². The van der Waals surface area contributed by atoms with Crippen molar-refractivity contribution in [3.8, 4) is 11.8 Å². The molecule has 3 unspecified atom stereocenters. The van der Waals surface area contributed by atoms with Gasteiger partial charge < -0.3 is 45.1 Å². The van der Waals surface area contributed by atoms with Crippen molar-refractivity contribution in [1.29, 1.82) is 0 Å². The van der Waals surface area contributed by atoms with Gasteiger partial charge in [0.15, 0.2) is 0 Å². The molecule has 5 atom stereocenters. The Hall–Kier alpha value is -1.03. The number of nitrogens with two attached hydrogens (primary N) is 2. The van der Waals surface area contributed by atoms with Gasteiger partial charge in [0.05, 0.1) is 30.2 Å². The number of phosphoric ester groups is 1. The Balaban J connectivity index is 1.82. The molecular formula is C19H30N5O12P3S2. The Labute approximate surface area is 242 Å². The highest BCUT2D eigenvalue weighted by atomic mass is 33.1. The fourth-order valence-electron chi connectivity index (χ4n) is 3.55. The highest BCUT2D eigenvalue weighted by molar-refractivity contribution is 8.77. The first kappa shape index (κ1) is 34.5. The van der Waals surface area contributed by atoms with Gasteiger partial charge in [-0.05, 0) is 0 Å². The minimum absolute atomic E-state index is 0.0514. The summed E-state index contributed by atoms with van der Waals surface area (Å²) in [6.45, 7) is 5.50. The number of aromatic nitrogens is 3. The van der Waals surface area contributed by atoms with Gasteiger partial charge in [-0.1, -0.05) is 54.2 Å². The molecule has 230 valence electrons. The average molecular weight is 678 g/mol. The molecule has 3 heterocycles. The van der Waals surface area contributed by atoms with Gasteiger partial charge in [0, 0.05) is 17.4 Å². The molecule has 1 fully saturated rings. The molecule has 0 bridgehead atoms. The maximum atomic E-state index is 12.3. The molecule has 1 saturated heterocycles. The zero-order valence-corrected chi connectivity index (χ0v) is 26.2. The van der Waals surface area contributed by atoms with Crippen LogP contribution in [0, 0.1) is 11.8 Å².